The lowest BCUT2D eigenvalue weighted by atomic mass is 10.2. The predicted octanol–water partition coefficient (Wildman–Crippen LogP) is 3.83. The highest BCUT2D eigenvalue weighted by molar-refractivity contribution is 7.89. The second-order valence-corrected chi connectivity index (χ2v) is 9.98. The Balaban J connectivity index is 1.34. The number of morpholine rings is 1. The van der Waals surface area contributed by atoms with Gasteiger partial charge in [-0.2, -0.15) is 4.31 Å². The monoisotopic (exact) mass is 469 g/mol. The number of hydrogen-bond acceptors (Lipinski definition) is 7. The lowest BCUT2D eigenvalue weighted by molar-refractivity contribution is 0.0730. The molecule has 8 nitrogen and oxygen atoms in total. The van der Waals surface area contributed by atoms with Crippen LogP contribution in [0, 0.1) is 0 Å². The van der Waals surface area contributed by atoms with Gasteiger partial charge in [-0.3, -0.25) is 10.1 Å². The maximum absolute atomic E-state index is 12.9. The first-order chi connectivity index (χ1) is 15.5. The molecule has 10 heteroatoms. The van der Waals surface area contributed by atoms with E-state index in [4.69, 9.17) is 9.15 Å². The van der Waals surface area contributed by atoms with Gasteiger partial charge in [-0.15, -0.1) is 11.3 Å². The molecule has 0 saturated carbocycles. The Hall–Kier alpha value is -3.05. The van der Waals surface area contributed by atoms with Crippen LogP contribution in [0.1, 0.15) is 10.4 Å². The number of para-hydroxylation sites is 1. The zero-order valence-corrected chi connectivity index (χ0v) is 18.5. The molecular formula is C22H19N3O5S2. The van der Waals surface area contributed by atoms with Gasteiger partial charge in [-0.1, -0.05) is 24.3 Å². The normalized spacial score (nSPS) is 15.1. The van der Waals surface area contributed by atoms with Crippen LogP contribution in [0.15, 0.2) is 69.3 Å². The maximum Gasteiger partial charge on any atom is 0.257 e. The van der Waals surface area contributed by atoms with Crippen LogP contribution >= 0.6 is 11.3 Å². The Kier molecular flexibility index (Phi) is 5.51. The lowest BCUT2D eigenvalue weighted by Crippen LogP contribution is -2.40. The van der Waals surface area contributed by atoms with Gasteiger partial charge < -0.3 is 9.15 Å². The zero-order chi connectivity index (χ0) is 22.1. The van der Waals surface area contributed by atoms with Crippen LogP contribution in [-0.2, 0) is 14.8 Å². The van der Waals surface area contributed by atoms with Gasteiger partial charge in [0.25, 0.3) is 5.91 Å². The Bertz CT molecular complexity index is 1350. The van der Waals surface area contributed by atoms with Gasteiger partial charge in [0.05, 0.1) is 18.1 Å². The van der Waals surface area contributed by atoms with Gasteiger partial charge >= 0.3 is 0 Å². The average molecular weight is 470 g/mol. The number of nitrogens with one attached hydrogen (secondary N) is 1. The summed E-state index contributed by atoms with van der Waals surface area (Å²) in [5.41, 5.74) is 1.62. The smallest absolute Gasteiger partial charge is 0.257 e. The Labute approximate surface area is 188 Å². The molecule has 5 rings (SSSR count). The number of aromatic nitrogens is 1. The van der Waals surface area contributed by atoms with Crippen LogP contribution in [-0.4, -0.2) is 49.9 Å². The summed E-state index contributed by atoms with van der Waals surface area (Å²) in [6, 6.07) is 15.6. The summed E-state index contributed by atoms with van der Waals surface area (Å²) in [5.74, 6) is 0.177. The fourth-order valence-electron chi connectivity index (χ4n) is 3.46. The van der Waals surface area contributed by atoms with Crippen molar-refractivity contribution in [2.24, 2.45) is 0 Å². The Morgan fingerprint density at radius 1 is 1.06 bits per heavy atom. The zero-order valence-electron chi connectivity index (χ0n) is 16.9. The van der Waals surface area contributed by atoms with Crippen molar-refractivity contribution < 1.29 is 22.4 Å². The molecule has 2 aromatic carbocycles. The molecule has 0 radical (unpaired) electrons. The van der Waals surface area contributed by atoms with Gasteiger partial charge in [-0.25, -0.2) is 13.4 Å². The fraction of sp³-hybridized carbons (Fsp3) is 0.182. The molecule has 0 bridgehead atoms. The van der Waals surface area contributed by atoms with Crippen LogP contribution in [0.25, 0.3) is 22.4 Å². The molecule has 1 aliphatic heterocycles. The van der Waals surface area contributed by atoms with E-state index >= 15 is 0 Å². The van der Waals surface area contributed by atoms with Crippen molar-refractivity contribution in [1.82, 2.24) is 9.29 Å². The standard InChI is InChI=1S/C22H19N3O5S2/c26-21(16-5-3-6-17(12-16)32(27,28)25-8-10-29-11-9-25)24-22-23-18(14-31-22)20-13-15-4-1-2-7-19(15)30-20/h1-7,12-14H,8-11H2,(H,23,24,26). The van der Waals surface area contributed by atoms with Gasteiger partial charge in [0.1, 0.15) is 11.3 Å². The lowest BCUT2D eigenvalue weighted by Gasteiger charge is -2.26. The van der Waals surface area contributed by atoms with Crippen molar-refractivity contribution in [3.8, 4) is 11.5 Å². The largest absolute Gasteiger partial charge is 0.454 e. The molecule has 0 spiro atoms. The Morgan fingerprint density at radius 3 is 2.69 bits per heavy atom. The third kappa shape index (κ3) is 4.05. The molecule has 1 aliphatic rings. The molecule has 0 unspecified atom stereocenters. The molecule has 32 heavy (non-hydrogen) atoms. The number of nitrogens with zero attached hydrogens (tertiary/aromatic N) is 2. The summed E-state index contributed by atoms with van der Waals surface area (Å²) in [4.78, 5) is 17.3. The molecule has 164 valence electrons. The van der Waals surface area contributed by atoms with Gasteiger partial charge in [0, 0.05) is 29.4 Å². The molecule has 1 amide bonds. The average Bonchev–Trinajstić information content (AvgIpc) is 3.46. The van der Waals surface area contributed by atoms with Crippen LogP contribution in [0.2, 0.25) is 0 Å². The number of thiazole rings is 1. The van der Waals surface area contributed by atoms with Crippen LogP contribution in [0.3, 0.4) is 0 Å². The minimum Gasteiger partial charge on any atom is -0.454 e. The molecule has 0 atom stereocenters. The molecule has 3 heterocycles. The summed E-state index contributed by atoms with van der Waals surface area (Å²) in [5, 5.41) is 5.90. The number of rotatable bonds is 5. The summed E-state index contributed by atoms with van der Waals surface area (Å²) < 4.78 is 38.2. The number of fused-ring (bicyclic) bond motifs is 1. The Morgan fingerprint density at radius 2 is 1.88 bits per heavy atom. The second kappa shape index (κ2) is 8.47. The molecular weight excluding hydrogens is 450 g/mol. The minimum atomic E-state index is -3.69. The van der Waals surface area contributed by atoms with Crippen LogP contribution in [0.5, 0.6) is 0 Å². The molecule has 1 saturated heterocycles. The molecule has 1 fully saturated rings. The third-order valence-corrected chi connectivity index (χ3v) is 7.76. The van der Waals surface area contributed by atoms with E-state index in [-0.39, 0.29) is 10.5 Å². The first-order valence-electron chi connectivity index (χ1n) is 9.94. The van der Waals surface area contributed by atoms with E-state index in [2.05, 4.69) is 10.3 Å². The van der Waals surface area contributed by atoms with E-state index in [9.17, 15) is 13.2 Å². The van der Waals surface area contributed by atoms with Crippen molar-refractivity contribution >= 4 is 43.4 Å². The second-order valence-electron chi connectivity index (χ2n) is 7.18. The predicted molar refractivity (Wildman–Crippen MR) is 121 cm³/mol. The number of furan rings is 1. The summed E-state index contributed by atoms with van der Waals surface area (Å²) in [6.07, 6.45) is 0. The topological polar surface area (TPSA) is 102 Å². The van der Waals surface area contributed by atoms with Gasteiger partial charge in [0.2, 0.25) is 10.0 Å². The summed E-state index contributed by atoms with van der Waals surface area (Å²) in [6.45, 7) is 1.30. The van der Waals surface area contributed by atoms with E-state index in [0.29, 0.717) is 42.9 Å². The molecule has 4 aromatic rings. The summed E-state index contributed by atoms with van der Waals surface area (Å²) in [7, 11) is -3.69. The number of benzene rings is 2. The van der Waals surface area contributed by atoms with Crippen molar-refractivity contribution in [2.45, 2.75) is 4.90 Å². The van der Waals surface area contributed by atoms with Crippen molar-refractivity contribution in [2.75, 3.05) is 31.6 Å². The van der Waals surface area contributed by atoms with Crippen molar-refractivity contribution in [3.05, 3.63) is 65.5 Å². The number of carbonyl (C=O) groups is 1. The maximum atomic E-state index is 12.9. The third-order valence-electron chi connectivity index (χ3n) is 5.11. The van der Waals surface area contributed by atoms with Crippen molar-refractivity contribution in [3.63, 3.8) is 0 Å². The highest BCUT2D eigenvalue weighted by Crippen LogP contribution is 2.30. The highest BCUT2D eigenvalue weighted by Gasteiger charge is 2.27. The fourth-order valence-corrected chi connectivity index (χ4v) is 5.60. The van der Waals surface area contributed by atoms with E-state index in [0.717, 1.165) is 11.0 Å². The number of anilines is 1. The number of ether oxygens (including phenoxy) is 1. The number of hydrogen-bond donors (Lipinski definition) is 1. The van der Waals surface area contributed by atoms with Gasteiger partial charge in [0.15, 0.2) is 10.9 Å². The van der Waals surface area contributed by atoms with Crippen molar-refractivity contribution in [1.29, 1.82) is 0 Å². The summed E-state index contributed by atoms with van der Waals surface area (Å²) >= 11 is 1.27. The molecule has 1 N–H and O–H groups in total. The molecule has 0 aliphatic carbocycles. The van der Waals surface area contributed by atoms with Crippen LogP contribution in [0.4, 0.5) is 5.13 Å². The van der Waals surface area contributed by atoms with E-state index in [1.54, 1.807) is 17.5 Å². The highest BCUT2D eigenvalue weighted by atomic mass is 32.2. The van der Waals surface area contributed by atoms with E-state index < -0.39 is 15.9 Å². The van der Waals surface area contributed by atoms with E-state index in [1.807, 2.05) is 30.3 Å². The molecule has 2 aromatic heterocycles. The quantitative estimate of drug-likeness (QED) is 0.477. The number of sulfonamides is 1. The first-order valence-corrected chi connectivity index (χ1v) is 12.3. The van der Waals surface area contributed by atoms with E-state index in [1.165, 1.54) is 27.8 Å². The first kappa shape index (κ1) is 20.8. The number of carbonyl (C=O) groups excluding carboxylic acids is 1. The SMILES string of the molecule is O=C(Nc1nc(-c2cc3ccccc3o2)cs1)c1cccc(S(=O)(=O)N2CCOCC2)c1. The van der Waals surface area contributed by atoms with Gasteiger partial charge in [-0.05, 0) is 30.3 Å². The number of amides is 1. The van der Waals surface area contributed by atoms with Crippen LogP contribution < -0.4 is 5.32 Å². The minimum absolute atomic E-state index is 0.0779.